The van der Waals surface area contributed by atoms with Gasteiger partial charge >= 0.3 is 0 Å². The van der Waals surface area contributed by atoms with Crippen molar-refractivity contribution < 1.29 is 4.21 Å². The Kier molecular flexibility index (Phi) is 2.84. The Bertz CT molecular complexity index is 420. The Hall–Kier alpha value is -0.280. The van der Waals surface area contributed by atoms with Crippen molar-refractivity contribution in [2.75, 3.05) is 0 Å². The predicted molar refractivity (Wildman–Crippen MR) is 69.1 cm³/mol. The molecule has 1 aromatic rings. The van der Waals surface area contributed by atoms with Gasteiger partial charge in [0.2, 0.25) is 0 Å². The zero-order chi connectivity index (χ0) is 11.0. The van der Waals surface area contributed by atoms with Gasteiger partial charge in [0.25, 0.3) is 0 Å². The van der Waals surface area contributed by atoms with Crippen molar-refractivity contribution in [2.24, 2.45) is 0 Å². The summed E-state index contributed by atoms with van der Waals surface area (Å²) in [5, 5.41) is 0. The van der Waals surface area contributed by atoms with Gasteiger partial charge in [0.05, 0.1) is 15.7 Å². The monoisotopic (exact) mass is 252 g/mol. The molecular weight excluding hydrogens is 236 g/mol. The van der Waals surface area contributed by atoms with Crippen molar-refractivity contribution in [1.29, 1.82) is 0 Å². The van der Waals surface area contributed by atoms with Gasteiger partial charge in [-0.3, -0.25) is 4.21 Å². The van der Waals surface area contributed by atoms with Crippen LogP contribution in [0.1, 0.15) is 38.5 Å². The molecule has 1 unspecified atom stereocenters. The molecule has 0 radical (unpaired) electrons. The molecule has 0 aromatic heterocycles. The van der Waals surface area contributed by atoms with E-state index in [0.717, 1.165) is 17.7 Å². The van der Waals surface area contributed by atoms with E-state index in [9.17, 15) is 4.21 Å². The summed E-state index contributed by atoms with van der Waals surface area (Å²) >= 11 is 1.88. The zero-order valence-electron chi connectivity index (χ0n) is 9.28. The second-order valence-corrected chi connectivity index (χ2v) is 8.09. The second kappa shape index (κ2) is 4.19. The highest BCUT2D eigenvalue weighted by Crippen LogP contribution is 2.54. The van der Waals surface area contributed by atoms with Crippen molar-refractivity contribution in [2.45, 2.75) is 52.4 Å². The summed E-state index contributed by atoms with van der Waals surface area (Å²) in [5.74, 6) is 0. The van der Waals surface area contributed by atoms with E-state index in [0.29, 0.717) is 0 Å². The van der Waals surface area contributed by atoms with Crippen molar-refractivity contribution in [1.82, 2.24) is 0 Å². The first-order chi connectivity index (χ1) is 7.82. The topological polar surface area (TPSA) is 17.1 Å². The minimum atomic E-state index is -0.791. The van der Waals surface area contributed by atoms with E-state index in [1.54, 1.807) is 0 Å². The summed E-state index contributed by atoms with van der Waals surface area (Å²) in [7, 11) is -0.791. The Morgan fingerprint density at radius 1 is 1.06 bits per heavy atom. The fourth-order valence-corrected chi connectivity index (χ4v) is 6.60. The lowest BCUT2D eigenvalue weighted by Gasteiger charge is -2.24. The Morgan fingerprint density at radius 3 is 2.44 bits per heavy atom. The Labute approximate surface area is 103 Å². The molecule has 3 heteroatoms. The van der Waals surface area contributed by atoms with Gasteiger partial charge in [-0.15, -0.1) is 11.8 Å². The van der Waals surface area contributed by atoms with Crippen molar-refractivity contribution in [3.8, 4) is 0 Å². The van der Waals surface area contributed by atoms with Crippen LogP contribution in [0.25, 0.3) is 0 Å². The average molecular weight is 252 g/mol. The molecule has 86 valence electrons. The van der Waals surface area contributed by atoms with Crippen molar-refractivity contribution >= 4 is 22.6 Å². The largest absolute Gasteiger partial charge is 0.253 e. The molecule has 1 spiro atoms. The molecule has 3 rings (SSSR count). The lowest BCUT2D eigenvalue weighted by atomic mass is 10.2. The Morgan fingerprint density at radius 2 is 1.75 bits per heavy atom. The number of fused-ring (bicyclic) bond motifs is 1. The summed E-state index contributed by atoms with van der Waals surface area (Å²) in [6.07, 6.45) is 7.36. The summed E-state index contributed by atoms with van der Waals surface area (Å²) in [4.78, 5) is 2.33. The molecule has 2 aliphatic rings. The van der Waals surface area contributed by atoms with Crippen molar-refractivity contribution in [3.05, 3.63) is 24.3 Å². The molecule has 1 aliphatic heterocycles. The summed E-state index contributed by atoms with van der Waals surface area (Å²) < 4.78 is 12.6. The lowest BCUT2D eigenvalue weighted by Crippen LogP contribution is -2.25. The van der Waals surface area contributed by atoms with E-state index < -0.39 is 10.8 Å². The van der Waals surface area contributed by atoms with Crippen LogP contribution in [0.3, 0.4) is 0 Å². The molecule has 0 saturated heterocycles. The van der Waals surface area contributed by atoms with Gasteiger partial charge in [-0.1, -0.05) is 37.8 Å². The van der Waals surface area contributed by atoms with Crippen LogP contribution in [-0.2, 0) is 10.8 Å². The van der Waals surface area contributed by atoms with Crippen LogP contribution in [0.5, 0.6) is 0 Å². The fraction of sp³-hybridized carbons (Fsp3) is 0.538. The SMILES string of the molecule is O=S1c2ccccc2SC12CCCCCC2. The summed E-state index contributed by atoms with van der Waals surface area (Å²) in [5.41, 5.74) is 0. The van der Waals surface area contributed by atoms with E-state index in [-0.39, 0.29) is 4.08 Å². The van der Waals surface area contributed by atoms with Crippen LogP contribution in [0.15, 0.2) is 34.1 Å². The molecular formula is C13H16OS2. The van der Waals surface area contributed by atoms with Crippen LogP contribution in [-0.4, -0.2) is 8.29 Å². The van der Waals surface area contributed by atoms with Gasteiger partial charge in [0.15, 0.2) is 0 Å². The predicted octanol–water partition coefficient (Wildman–Crippen LogP) is 3.95. The smallest absolute Gasteiger partial charge is 0.100 e. The first-order valence-corrected chi connectivity index (χ1v) is 7.98. The standard InChI is InChI=1S/C13H16OS2/c14-16-12-8-4-3-7-11(12)15-13(16)9-5-1-2-6-10-13/h3-4,7-8H,1-2,5-6,9-10H2. The number of hydrogen-bond donors (Lipinski definition) is 0. The van der Waals surface area contributed by atoms with E-state index in [2.05, 4.69) is 12.1 Å². The third kappa shape index (κ3) is 1.65. The zero-order valence-corrected chi connectivity index (χ0v) is 10.9. The molecule has 0 amide bonds. The Balaban J connectivity index is 1.98. The molecule has 1 aliphatic carbocycles. The molecule has 1 atom stereocenters. The van der Waals surface area contributed by atoms with E-state index in [1.165, 1.54) is 30.6 Å². The number of thioether (sulfide) groups is 1. The van der Waals surface area contributed by atoms with E-state index in [4.69, 9.17) is 0 Å². The third-order valence-electron chi connectivity index (χ3n) is 3.55. The average Bonchev–Trinajstić information content (AvgIpc) is 2.49. The van der Waals surface area contributed by atoms with Crippen LogP contribution in [0.4, 0.5) is 0 Å². The first-order valence-electron chi connectivity index (χ1n) is 6.02. The van der Waals surface area contributed by atoms with Gasteiger partial charge in [0.1, 0.15) is 4.08 Å². The molecule has 0 bridgehead atoms. The number of rotatable bonds is 0. The quantitative estimate of drug-likeness (QED) is 0.695. The fourth-order valence-electron chi connectivity index (χ4n) is 2.68. The first kappa shape index (κ1) is 10.8. The second-order valence-electron chi connectivity index (χ2n) is 4.64. The molecule has 0 N–H and O–H groups in total. The maximum Gasteiger partial charge on any atom is 0.100 e. The molecule has 1 nitrogen and oxygen atoms in total. The normalized spacial score (nSPS) is 27.6. The van der Waals surface area contributed by atoms with Gasteiger partial charge < -0.3 is 0 Å². The minimum Gasteiger partial charge on any atom is -0.253 e. The molecule has 16 heavy (non-hydrogen) atoms. The van der Waals surface area contributed by atoms with Crippen LogP contribution in [0.2, 0.25) is 0 Å². The third-order valence-corrected chi connectivity index (χ3v) is 7.58. The van der Waals surface area contributed by atoms with Crippen LogP contribution in [0, 0.1) is 0 Å². The molecule has 1 aromatic carbocycles. The van der Waals surface area contributed by atoms with E-state index >= 15 is 0 Å². The van der Waals surface area contributed by atoms with Crippen LogP contribution >= 0.6 is 11.8 Å². The molecule has 1 fully saturated rings. The van der Waals surface area contributed by atoms with Crippen LogP contribution < -0.4 is 0 Å². The molecule has 1 heterocycles. The van der Waals surface area contributed by atoms with Gasteiger partial charge in [-0.05, 0) is 25.0 Å². The van der Waals surface area contributed by atoms with Gasteiger partial charge in [-0.2, -0.15) is 0 Å². The lowest BCUT2D eigenvalue weighted by molar-refractivity contribution is 0.623. The van der Waals surface area contributed by atoms with Crippen molar-refractivity contribution in [3.63, 3.8) is 0 Å². The highest BCUT2D eigenvalue weighted by atomic mass is 32.2. The highest BCUT2D eigenvalue weighted by Gasteiger charge is 2.44. The summed E-state index contributed by atoms with van der Waals surface area (Å²) in [6.45, 7) is 0. The summed E-state index contributed by atoms with van der Waals surface area (Å²) in [6, 6.07) is 8.22. The number of benzene rings is 1. The van der Waals surface area contributed by atoms with Gasteiger partial charge in [-0.25, -0.2) is 0 Å². The van der Waals surface area contributed by atoms with E-state index in [1.807, 2.05) is 23.9 Å². The number of hydrogen-bond acceptors (Lipinski definition) is 2. The maximum absolute atomic E-state index is 12.6. The maximum atomic E-state index is 12.6. The highest BCUT2D eigenvalue weighted by molar-refractivity contribution is 8.15. The van der Waals surface area contributed by atoms with Gasteiger partial charge in [0, 0.05) is 4.90 Å². The molecule has 1 saturated carbocycles. The minimum absolute atomic E-state index is 0.0141.